The van der Waals surface area contributed by atoms with Crippen LogP contribution in [-0.2, 0) is 14.8 Å². The van der Waals surface area contributed by atoms with Crippen molar-refractivity contribution in [2.45, 2.75) is 4.90 Å². The molecule has 0 heterocycles. The normalized spacial score (nSPS) is 11.0. The third-order valence-electron chi connectivity index (χ3n) is 4.95. The van der Waals surface area contributed by atoms with E-state index in [0.717, 1.165) is 4.31 Å². The molecule has 0 saturated heterocycles. The van der Waals surface area contributed by atoms with E-state index >= 15 is 0 Å². The molecule has 0 atom stereocenters. The fourth-order valence-electron chi connectivity index (χ4n) is 3.26. The van der Waals surface area contributed by atoms with Crippen molar-refractivity contribution >= 4 is 50.5 Å². The van der Waals surface area contributed by atoms with Gasteiger partial charge in [0, 0.05) is 0 Å². The van der Waals surface area contributed by atoms with E-state index in [-0.39, 0.29) is 20.6 Å². The first-order chi connectivity index (χ1) is 16.8. The Balaban J connectivity index is 1.63. The summed E-state index contributed by atoms with van der Waals surface area (Å²) < 4.78 is 33.8. The zero-order valence-corrected chi connectivity index (χ0v) is 20.6. The third kappa shape index (κ3) is 5.95. The summed E-state index contributed by atoms with van der Waals surface area (Å²) >= 11 is 12.2. The van der Waals surface area contributed by atoms with Gasteiger partial charge in [-0.2, -0.15) is 0 Å². The molecule has 4 aromatic carbocycles. The molecule has 0 bridgehead atoms. The van der Waals surface area contributed by atoms with Crippen LogP contribution in [0.4, 0.5) is 11.4 Å². The van der Waals surface area contributed by atoms with Crippen molar-refractivity contribution in [1.29, 1.82) is 0 Å². The van der Waals surface area contributed by atoms with Gasteiger partial charge in [0.2, 0.25) is 5.91 Å². The average Bonchev–Trinajstić information content (AvgIpc) is 2.87. The zero-order valence-electron chi connectivity index (χ0n) is 18.3. The van der Waals surface area contributed by atoms with Gasteiger partial charge < -0.3 is 10.1 Å². The van der Waals surface area contributed by atoms with E-state index in [0.29, 0.717) is 17.2 Å². The number of nitrogens with zero attached hydrogens (tertiary/aromatic N) is 1. The Bertz CT molecular complexity index is 1420. The van der Waals surface area contributed by atoms with E-state index in [9.17, 15) is 13.2 Å². The minimum Gasteiger partial charge on any atom is -0.457 e. The molecule has 4 rings (SSSR count). The molecule has 1 amide bonds. The van der Waals surface area contributed by atoms with Gasteiger partial charge in [0.25, 0.3) is 10.0 Å². The lowest BCUT2D eigenvalue weighted by atomic mass is 10.3. The van der Waals surface area contributed by atoms with E-state index in [1.165, 1.54) is 12.1 Å². The predicted octanol–water partition coefficient (Wildman–Crippen LogP) is 6.62. The number of hydrogen-bond donors (Lipinski definition) is 1. The number of para-hydroxylation sites is 1. The molecular formula is C26H20Cl2N2O4S. The fraction of sp³-hybridized carbons (Fsp3) is 0.0385. The van der Waals surface area contributed by atoms with Crippen LogP contribution in [0.1, 0.15) is 0 Å². The average molecular weight is 527 g/mol. The van der Waals surface area contributed by atoms with Crippen LogP contribution in [0.3, 0.4) is 0 Å². The highest BCUT2D eigenvalue weighted by Gasteiger charge is 2.27. The van der Waals surface area contributed by atoms with Gasteiger partial charge in [0.15, 0.2) is 0 Å². The Morgan fingerprint density at radius 3 is 2.03 bits per heavy atom. The first kappa shape index (κ1) is 24.6. The summed E-state index contributed by atoms with van der Waals surface area (Å²) in [5, 5.41) is 3.07. The van der Waals surface area contributed by atoms with Gasteiger partial charge in [-0.05, 0) is 60.7 Å². The molecule has 178 valence electrons. The standard InChI is InChI=1S/C26H20Cl2N2O4S/c27-23-12-7-13-24(26(23)28)29-25(31)18-30(35(32,33)22-10-5-2-6-11-22)19-14-16-21(17-15-19)34-20-8-3-1-4-9-20/h1-17H,18H2,(H,29,31). The van der Waals surface area contributed by atoms with E-state index in [1.54, 1.807) is 60.7 Å². The lowest BCUT2D eigenvalue weighted by Gasteiger charge is -2.24. The molecule has 0 fully saturated rings. The fourth-order valence-corrected chi connectivity index (χ4v) is 5.05. The van der Waals surface area contributed by atoms with Crippen molar-refractivity contribution < 1.29 is 17.9 Å². The van der Waals surface area contributed by atoms with Crippen LogP contribution in [0.15, 0.2) is 108 Å². The van der Waals surface area contributed by atoms with Crippen molar-refractivity contribution in [2.24, 2.45) is 0 Å². The molecule has 0 aliphatic rings. The second kappa shape index (κ2) is 10.8. The molecule has 0 unspecified atom stereocenters. The summed E-state index contributed by atoms with van der Waals surface area (Å²) in [6.45, 7) is -0.487. The Hall–Kier alpha value is -3.52. The maximum atomic E-state index is 13.5. The molecular weight excluding hydrogens is 507 g/mol. The maximum absolute atomic E-state index is 13.5. The van der Waals surface area contributed by atoms with Gasteiger partial charge in [-0.15, -0.1) is 0 Å². The number of rotatable bonds is 8. The van der Waals surface area contributed by atoms with Gasteiger partial charge in [-0.25, -0.2) is 8.42 Å². The van der Waals surface area contributed by atoms with E-state index in [2.05, 4.69) is 5.32 Å². The molecule has 0 aliphatic carbocycles. The summed E-state index contributed by atoms with van der Waals surface area (Å²) in [7, 11) is -4.06. The highest BCUT2D eigenvalue weighted by Crippen LogP contribution is 2.31. The van der Waals surface area contributed by atoms with Crippen molar-refractivity contribution in [2.75, 3.05) is 16.2 Å². The van der Waals surface area contributed by atoms with Crippen LogP contribution in [0.5, 0.6) is 11.5 Å². The number of carbonyl (C=O) groups excluding carboxylic acids is 1. The summed E-state index contributed by atoms with van der Waals surface area (Å²) in [5.41, 5.74) is 0.578. The molecule has 6 nitrogen and oxygen atoms in total. The number of anilines is 2. The molecule has 0 aliphatic heterocycles. The lowest BCUT2D eigenvalue weighted by molar-refractivity contribution is -0.114. The second-order valence-corrected chi connectivity index (χ2v) is 10.0. The molecule has 0 saturated carbocycles. The van der Waals surface area contributed by atoms with E-state index in [1.807, 2.05) is 30.3 Å². The number of amides is 1. The molecule has 0 spiro atoms. The summed E-state index contributed by atoms with van der Waals surface area (Å²) in [5.74, 6) is 0.581. The van der Waals surface area contributed by atoms with Gasteiger partial charge in [0.05, 0.1) is 26.3 Å². The van der Waals surface area contributed by atoms with Gasteiger partial charge in [0.1, 0.15) is 18.0 Å². The number of halogens is 2. The first-order valence-electron chi connectivity index (χ1n) is 10.5. The minimum absolute atomic E-state index is 0.0539. The number of nitrogens with one attached hydrogen (secondary N) is 1. The van der Waals surface area contributed by atoms with Crippen LogP contribution in [0.2, 0.25) is 10.0 Å². The molecule has 1 N–H and O–H groups in total. The largest absolute Gasteiger partial charge is 0.457 e. The lowest BCUT2D eigenvalue weighted by Crippen LogP contribution is -2.38. The highest BCUT2D eigenvalue weighted by molar-refractivity contribution is 7.92. The van der Waals surface area contributed by atoms with Crippen molar-refractivity contribution in [3.63, 3.8) is 0 Å². The Kier molecular flexibility index (Phi) is 7.60. The number of carbonyl (C=O) groups is 1. The molecule has 35 heavy (non-hydrogen) atoms. The predicted molar refractivity (Wildman–Crippen MR) is 139 cm³/mol. The van der Waals surface area contributed by atoms with Crippen molar-refractivity contribution in [1.82, 2.24) is 0 Å². The number of hydrogen-bond acceptors (Lipinski definition) is 4. The molecule has 0 aromatic heterocycles. The topological polar surface area (TPSA) is 75.7 Å². The third-order valence-corrected chi connectivity index (χ3v) is 7.55. The number of sulfonamides is 1. The van der Waals surface area contributed by atoms with Crippen molar-refractivity contribution in [3.05, 3.63) is 113 Å². The number of ether oxygens (including phenoxy) is 1. The van der Waals surface area contributed by atoms with Crippen molar-refractivity contribution in [3.8, 4) is 11.5 Å². The molecule has 4 aromatic rings. The highest BCUT2D eigenvalue weighted by atomic mass is 35.5. The summed E-state index contributed by atoms with van der Waals surface area (Å²) in [6, 6.07) is 28.3. The molecule has 0 radical (unpaired) electrons. The maximum Gasteiger partial charge on any atom is 0.264 e. The SMILES string of the molecule is O=C(CN(c1ccc(Oc2ccccc2)cc1)S(=O)(=O)c1ccccc1)Nc1cccc(Cl)c1Cl. The monoisotopic (exact) mass is 526 g/mol. The van der Waals surface area contributed by atoms with Crippen LogP contribution >= 0.6 is 23.2 Å². The second-order valence-electron chi connectivity index (χ2n) is 7.38. The van der Waals surface area contributed by atoms with E-state index in [4.69, 9.17) is 27.9 Å². The summed E-state index contributed by atoms with van der Waals surface area (Å²) in [4.78, 5) is 13.0. The van der Waals surface area contributed by atoms with E-state index < -0.39 is 22.5 Å². The minimum atomic E-state index is -4.06. The quantitative estimate of drug-likeness (QED) is 0.280. The Labute approximate surface area is 213 Å². The van der Waals surface area contributed by atoms with Crippen LogP contribution in [-0.4, -0.2) is 20.9 Å². The number of benzene rings is 4. The smallest absolute Gasteiger partial charge is 0.264 e. The Morgan fingerprint density at radius 2 is 1.37 bits per heavy atom. The van der Waals surface area contributed by atoms with Crippen LogP contribution in [0.25, 0.3) is 0 Å². The molecule has 9 heteroatoms. The van der Waals surface area contributed by atoms with Gasteiger partial charge >= 0.3 is 0 Å². The Morgan fingerprint density at radius 1 is 0.771 bits per heavy atom. The van der Waals surface area contributed by atoms with Crippen LogP contribution in [0, 0.1) is 0 Å². The zero-order chi connectivity index (χ0) is 24.8. The van der Waals surface area contributed by atoms with Gasteiger partial charge in [-0.1, -0.05) is 65.7 Å². The van der Waals surface area contributed by atoms with Gasteiger partial charge in [-0.3, -0.25) is 9.10 Å². The summed E-state index contributed by atoms with van der Waals surface area (Å²) in [6.07, 6.45) is 0. The first-order valence-corrected chi connectivity index (χ1v) is 12.7. The van der Waals surface area contributed by atoms with Crippen LogP contribution < -0.4 is 14.4 Å².